The fourth-order valence-electron chi connectivity index (χ4n) is 10.0. The molecule has 4 aliphatic rings. The van der Waals surface area contributed by atoms with Gasteiger partial charge in [-0.25, -0.2) is 0 Å². The van der Waals surface area contributed by atoms with Crippen LogP contribution in [0.5, 0.6) is 0 Å². The third-order valence-electron chi connectivity index (χ3n) is 12.8. The minimum absolute atomic E-state index is 0.0622. The van der Waals surface area contributed by atoms with Crippen LogP contribution in [-0.4, -0.2) is 4.57 Å². The molecule has 0 N–H and O–H groups in total. The second kappa shape index (κ2) is 13.2. The van der Waals surface area contributed by atoms with Crippen LogP contribution in [-0.2, 0) is 5.41 Å². The summed E-state index contributed by atoms with van der Waals surface area (Å²) in [6, 6.07) is 42.8. The van der Waals surface area contributed by atoms with Crippen molar-refractivity contribution in [1.82, 2.24) is 4.57 Å². The zero-order valence-corrected chi connectivity index (χ0v) is 32.3. The molecule has 3 unspecified atom stereocenters. The minimum atomic E-state index is -0.0622. The van der Waals surface area contributed by atoms with E-state index in [1.54, 1.807) is 5.57 Å². The lowest BCUT2D eigenvalue weighted by Crippen LogP contribution is -2.27. The zero-order valence-electron chi connectivity index (χ0n) is 32.3. The van der Waals surface area contributed by atoms with E-state index in [0.29, 0.717) is 17.8 Å². The normalized spacial score (nSPS) is 21.1. The Labute approximate surface area is 325 Å². The Morgan fingerprint density at radius 2 is 1.49 bits per heavy atom. The Kier molecular flexibility index (Phi) is 8.06. The average Bonchev–Trinajstić information content (AvgIpc) is 3.67. The molecule has 0 amide bonds. The topological polar surface area (TPSA) is 8.17 Å². The number of para-hydroxylation sites is 2. The summed E-state index contributed by atoms with van der Waals surface area (Å²) in [6.07, 6.45) is 22.3. The van der Waals surface area contributed by atoms with Crippen LogP contribution in [0.4, 0.5) is 5.69 Å². The van der Waals surface area contributed by atoms with Crippen LogP contribution in [0.2, 0.25) is 0 Å². The maximum Gasteiger partial charge on any atom is 0.0541 e. The lowest BCUT2D eigenvalue weighted by atomic mass is 9.79. The predicted molar refractivity (Wildman–Crippen MR) is 233 cm³/mol. The van der Waals surface area contributed by atoms with E-state index >= 15 is 0 Å². The van der Waals surface area contributed by atoms with Gasteiger partial charge in [0.2, 0.25) is 0 Å². The molecule has 0 spiro atoms. The van der Waals surface area contributed by atoms with Crippen molar-refractivity contribution in [3.05, 3.63) is 198 Å². The molecule has 1 aromatic heterocycles. The van der Waals surface area contributed by atoms with Crippen LogP contribution < -0.4 is 4.90 Å². The fourth-order valence-corrected chi connectivity index (χ4v) is 10.0. The molecule has 2 nitrogen and oxygen atoms in total. The summed E-state index contributed by atoms with van der Waals surface area (Å²) in [4.78, 5) is 2.57. The molecule has 0 fully saturated rings. The van der Waals surface area contributed by atoms with Crippen molar-refractivity contribution in [3.8, 4) is 16.8 Å². The van der Waals surface area contributed by atoms with Crippen LogP contribution in [0.15, 0.2) is 181 Å². The Bertz CT molecular complexity index is 2690. The van der Waals surface area contributed by atoms with Gasteiger partial charge in [0.1, 0.15) is 0 Å². The number of anilines is 1. The minimum Gasteiger partial charge on any atom is -0.315 e. The van der Waals surface area contributed by atoms with Gasteiger partial charge in [-0.15, -0.1) is 0 Å². The molecule has 4 aliphatic carbocycles. The summed E-state index contributed by atoms with van der Waals surface area (Å²) in [5, 5.41) is 2.59. The molecular formula is C53H48N2. The first-order chi connectivity index (χ1) is 26.9. The highest BCUT2D eigenvalue weighted by atomic mass is 15.2. The Hall–Kier alpha value is -5.86. The van der Waals surface area contributed by atoms with E-state index in [-0.39, 0.29) is 5.41 Å². The van der Waals surface area contributed by atoms with Crippen LogP contribution >= 0.6 is 0 Å². The molecule has 5 aromatic carbocycles. The number of hydrogen-bond donors (Lipinski definition) is 0. The highest BCUT2D eigenvalue weighted by Crippen LogP contribution is 2.51. The second-order valence-corrected chi connectivity index (χ2v) is 16.6. The summed E-state index contributed by atoms with van der Waals surface area (Å²) in [5.74, 6) is 1.19. The van der Waals surface area contributed by atoms with Crippen LogP contribution in [0.25, 0.3) is 44.2 Å². The average molecular weight is 713 g/mol. The monoisotopic (exact) mass is 712 g/mol. The number of fused-ring (bicyclic) bond motifs is 6. The Balaban J connectivity index is 1.07. The van der Waals surface area contributed by atoms with Gasteiger partial charge >= 0.3 is 0 Å². The highest BCUT2D eigenvalue weighted by Gasteiger charge is 2.36. The van der Waals surface area contributed by atoms with Crippen molar-refractivity contribution in [2.45, 2.75) is 52.4 Å². The molecule has 6 aromatic rings. The number of aromatic nitrogens is 1. The van der Waals surface area contributed by atoms with Gasteiger partial charge in [-0.1, -0.05) is 143 Å². The van der Waals surface area contributed by atoms with E-state index in [1.807, 2.05) is 0 Å². The zero-order chi connectivity index (χ0) is 37.3. The van der Waals surface area contributed by atoms with Crippen molar-refractivity contribution < 1.29 is 0 Å². The molecule has 3 atom stereocenters. The van der Waals surface area contributed by atoms with Gasteiger partial charge in [-0.2, -0.15) is 0 Å². The lowest BCUT2D eigenvalue weighted by Gasteiger charge is -2.36. The molecule has 270 valence electrons. The van der Waals surface area contributed by atoms with Gasteiger partial charge in [-0.05, 0) is 119 Å². The quantitative estimate of drug-likeness (QED) is 0.167. The molecule has 55 heavy (non-hydrogen) atoms. The third-order valence-corrected chi connectivity index (χ3v) is 12.8. The molecule has 0 radical (unpaired) electrons. The van der Waals surface area contributed by atoms with E-state index < -0.39 is 0 Å². The number of allylic oxidation sites excluding steroid dienone is 11. The maximum absolute atomic E-state index is 2.57. The fraction of sp³-hybridized carbons (Fsp3) is 0.208. The summed E-state index contributed by atoms with van der Waals surface area (Å²) in [7, 11) is 0. The Morgan fingerprint density at radius 1 is 0.709 bits per heavy atom. The van der Waals surface area contributed by atoms with Gasteiger partial charge in [0.25, 0.3) is 0 Å². The van der Waals surface area contributed by atoms with Crippen LogP contribution in [0, 0.1) is 17.8 Å². The van der Waals surface area contributed by atoms with Gasteiger partial charge in [-0.3, -0.25) is 0 Å². The molecule has 0 aliphatic heterocycles. The number of hydrogen-bond acceptors (Lipinski definition) is 1. The standard InChI is InChI=1S/C53H48N2/c1-35-31-40(24-27-43(35)37-15-7-5-8-16-37)54(42-26-29-46-45-19-11-13-21-49(45)53(3,4)50(46)34-42)41-25-28-44(36(2)32-41)38-23-30-52-48(33-38)47-20-12-14-22-51(47)55(52)39-17-9-6-10-18-39/h5-7,9-15,17-31,33-36,43H,8,16,32H2,1-4H3. The molecule has 0 bridgehead atoms. The maximum atomic E-state index is 2.57. The lowest BCUT2D eigenvalue weighted by molar-refractivity contribution is 0.550. The summed E-state index contributed by atoms with van der Waals surface area (Å²) < 4.78 is 2.40. The van der Waals surface area contributed by atoms with Crippen LogP contribution in [0.3, 0.4) is 0 Å². The predicted octanol–water partition coefficient (Wildman–Crippen LogP) is 13.9. The highest BCUT2D eigenvalue weighted by molar-refractivity contribution is 6.10. The third kappa shape index (κ3) is 5.53. The number of rotatable bonds is 6. The van der Waals surface area contributed by atoms with E-state index in [9.17, 15) is 0 Å². The molecule has 2 heteroatoms. The first-order valence-electron chi connectivity index (χ1n) is 20.2. The molecule has 10 rings (SSSR count). The van der Waals surface area contributed by atoms with Crippen molar-refractivity contribution in [1.29, 1.82) is 0 Å². The molecular weight excluding hydrogens is 665 g/mol. The van der Waals surface area contributed by atoms with Crippen LogP contribution in [0.1, 0.15) is 63.6 Å². The summed E-state index contributed by atoms with van der Waals surface area (Å²) in [6.45, 7) is 9.57. The van der Waals surface area contributed by atoms with Gasteiger partial charge in [0.15, 0.2) is 0 Å². The van der Waals surface area contributed by atoms with Gasteiger partial charge < -0.3 is 9.47 Å². The largest absolute Gasteiger partial charge is 0.315 e. The summed E-state index contributed by atoms with van der Waals surface area (Å²) >= 11 is 0. The smallest absolute Gasteiger partial charge is 0.0541 e. The second-order valence-electron chi connectivity index (χ2n) is 16.6. The van der Waals surface area contributed by atoms with Crippen molar-refractivity contribution in [2.75, 3.05) is 4.90 Å². The number of benzene rings is 5. The van der Waals surface area contributed by atoms with Crippen molar-refractivity contribution in [2.24, 2.45) is 17.8 Å². The molecule has 1 heterocycles. The first-order valence-corrected chi connectivity index (χ1v) is 20.2. The van der Waals surface area contributed by atoms with E-state index in [2.05, 4.69) is 201 Å². The molecule has 0 saturated carbocycles. The van der Waals surface area contributed by atoms with E-state index in [4.69, 9.17) is 0 Å². The SMILES string of the molecule is CC1CC(N(C2=CC(C)C(C3=CC=CCC3)C=C2)c2ccc3c(c2)C(C)(C)c2ccccc2-3)=CC=C1c1ccc2c(c1)c1ccccc1n2-c1ccccc1. The number of nitrogens with zero attached hydrogens (tertiary/aromatic N) is 2. The first kappa shape index (κ1) is 33.7. The van der Waals surface area contributed by atoms with Gasteiger partial charge in [0, 0.05) is 44.9 Å². The molecule has 0 saturated heterocycles. The van der Waals surface area contributed by atoms with Gasteiger partial charge in [0.05, 0.1) is 11.0 Å². The van der Waals surface area contributed by atoms with Crippen molar-refractivity contribution in [3.63, 3.8) is 0 Å². The Morgan fingerprint density at radius 3 is 2.31 bits per heavy atom. The van der Waals surface area contributed by atoms with E-state index in [0.717, 1.165) is 19.3 Å². The summed E-state index contributed by atoms with van der Waals surface area (Å²) in [5.41, 5.74) is 17.3. The van der Waals surface area contributed by atoms with E-state index in [1.165, 1.54) is 78.0 Å². The van der Waals surface area contributed by atoms with Crippen molar-refractivity contribution >= 4 is 33.1 Å².